The number of nitriles is 1. The summed E-state index contributed by atoms with van der Waals surface area (Å²) >= 11 is 5.92. The Morgan fingerprint density at radius 1 is 1.12 bits per heavy atom. The molecule has 0 saturated carbocycles. The van der Waals surface area contributed by atoms with E-state index >= 15 is 0 Å². The van der Waals surface area contributed by atoms with Crippen molar-refractivity contribution in [1.82, 2.24) is 4.72 Å². The van der Waals surface area contributed by atoms with Gasteiger partial charge in [-0.1, -0.05) is 35.9 Å². The molecule has 0 aliphatic carbocycles. The van der Waals surface area contributed by atoms with Crippen molar-refractivity contribution in [1.29, 1.82) is 5.26 Å². The zero-order valence-electron chi connectivity index (χ0n) is 13.5. The van der Waals surface area contributed by atoms with Gasteiger partial charge in [-0.3, -0.25) is 4.79 Å². The van der Waals surface area contributed by atoms with Gasteiger partial charge in [0, 0.05) is 0 Å². The second-order valence-electron chi connectivity index (χ2n) is 4.93. The quantitative estimate of drug-likeness (QED) is 0.543. The van der Waals surface area contributed by atoms with Crippen LogP contribution in [-0.2, 0) is 19.6 Å². The Morgan fingerprint density at radius 3 is 2.54 bits per heavy atom. The maximum Gasteiger partial charge on any atom is 0.321 e. The molecule has 0 fully saturated rings. The molecule has 7 nitrogen and oxygen atoms in total. The number of carbonyl (C=O) groups is 1. The van der Waals surface area contributed by atoms with Gasteiger partial charge in [-0.2, -0.15) is 9.98 Å². The van der Waals surface area contributed by atoms with Gasteiger partial charge in [-0.15, -0.1) is 0 Å². The Balaban J connectivity index is 1.80. The summed E-state index contributed by atoms with van der Waals surface area (Å²) in [5, 5.41) is 9.39. The number of carbonyl (C=O) groups excluding carboxylic acids is 1. The number of rotatable bonds is 8. The average molecular weight is 395 g/mol. The number of benzene rings is 2. The Kier molecular flexibility index (Phi) is 6.97. The molecule has 136 valence electrons. The van der Waals surface area contributed by atoms with E-state index in [1.807, 2.05) is 0 Å². The van der Waals surface area contributed by atoms with Crippen molar-refractivity contribution in [2.24, 2.45) is 0 Å². The van der Waals surface area contributed by atoms with Crippen molar-refractivity contribution in [3.8, 4) is 11.8 Å². The van der Waals surface area contributed by atoms with Gasteiger partial charge in [0.2, 0.25) is 10.0 Å². The largest absolute Gasteiger partial charge is 0.488 e. The highest BCUT2D eigenvalue weighted by Gasteiger charge is 2.19. The predicted octanol–water partition coefficient (Wildman–Crippen LogP) is 2.11. The van der Waals surface area contributed by atoms with Crippen LogP contribution in [0.15, 0.2) is 53.4 Å². The molecule has 26 heavy (non-hydrogen) atoms. The lowest BCUT2D eigenvalue weighted by molar-refractivity contribution is -0.142. The van der Waals surface area contributed by atoms with E-state index in [0.29, 0.717) is 10.8 Å². The van der Waals surface area contributed by atoms with E-state index in [9.17, 15) is 13.2 Å². The minimum absolute atomic E-state index is 0.0125. The molecule has 0 spiro atoms. The Labute approximate surface area is 156 Å². The minimum atomic E-state index is -4.00. The summed E-state index contributed by atoms with van der Waals surface area (Å²) in [5.74, 6) is -0.315. The summed E-state index contributed by atoms with van der Waals surface area (Å²) in [6, 6.07) is 14.3. The lowest BCUT2D eigenvalue weighted by atomic mass is 10.2. The SMILES string of the molecule is N#Cc1ccccc1S(=O)(=O)NCC(=O)OCCOc1ccccc1Cl. The van der Waals surface area contributed by atoms with E-state index in [1.165, 1.54) is 18.2 Å². The fraction of sp³-hybridized carbons (Fsp3) is 0.176. The highest BCUT2D eigenvalue weighted by Crippen LogP contribution is 2.22. The Morgan fingerprint density at radius 2 is 1.81 bits per heavy atom. The average Bonchev–Trinajstić information content (AvgIpc) is 2.65. The lowest BCUT2D eigenvalue weighted by Gasteiger charge is -2.10. The molecule has 0 amide bonds. The molecule has 0 heterocycles. The fourth-order valence-electron chi connectivity index (χ4n) is 1.94. The standard InChI is InChI=1S/C17H15ClN2O5S/c18-14-6-2-3-7-15(14)24-9-10-25-17(21)12-20-26(22,23)16-8-4-1-5-13(16)11-19/h1-8,20H,9-10,12H2. The first kappa shape index (κ1) is 19.7. The summed E-state index contributed by atoms with van der Waals surface area (Å²) < 4.78 is 36.7. The van der Waals surface area contributed by atoms with E-state index < -0.39 is 22.5 Å². The number of hydrogen-bond acceptors (Lipinski definition) is 6. The molecule has 9 heteroatoms. The second-order valence-corrected chi connectivity index (χ2v) is 7.07. The number of para-hydroxylation sites is 1. The van der Waals surface area contributed by atoms with Crippen LogP contribution in [0.4, 0.5) is 0 Å². The number of ether oxygens (including phenoxy) is 2. The molecule has 2 rings (SSSR count). The lowest BCUT2D eigenvalue weighted by Crippen LogP contribution is -2.31. The Hall–Kier alpha value is -2.60. The molecular formula is C17H15ClN2O5S. The van der Waals surface area contributed by atoms with Crippen molar-refractivity contribution in [2.45, 2.75) is 4.90 Å². The van der Waals surface area contributed by atoms with Gasteiger partial charge in [0.15, 0.2) is 0 Å². The summed E-state index contributed by atoms with van der Waals surface area (Å²) in [5.41, 5.74) is -0.0125. The molecule has 0 saturated heterocycles. The number of halogens is 1. The molecule has 2 aromatic rings. The number of nitrogens with zero attached hydrogens (tertiary/aromatic N) is 1. The topological polar surface area (TPSA) is 105 Å². The number of nitrogens with one attached hydrogen (secondary N) is 1. The van der Waals surface area contributed by atoms with Gasteiger partial charge in [-0.25, -0.2) is 8.42 Å². The third kappa shape index (κ3) is 5.46. The van der Waals surface area contributed by atoms with Crippen LogP contribution < -0.4 is 9.46 Å². The molecule has 2 aromatic carbocycles. The van der Waals surface area contributed by atoms with E-state index in [4.69, 9.17) is 26.3 Å². The van der Waals surface area contributed by atoms with Gasteiger partial charge < -0.3 is 9.47 Å². The zero-order chi connectivity index (χ0) is 19.0. The molecule has 0 atom stereocenters. The van der Waals surface area contributed by atoms with Crippen LogP contribution in [0.3, 0.4) is 0 Å². The van der Waals surface area contributed by atoms with Crippen molar-refractivity contribution >= 4 is 27.6 Å². The maximum absolute atomic E-state index is 12.2. The van der Waals surface area contributed by atoms with Crippen molar-refractivity contribution in [3.63, 3.8) is 0 Å². The number of hydrogen-bond donors (Lipinski definition) is 1. The highest BCUT2D eigenvalue weighted by atomic mass is 35.5. The van der Waals surface area contributed by atoms with Crippen molar-refractivity contribution < 1.29 is 22.7 Å². The second kappa shape index (κ2) is 9.20. The molecule has 0 aliphatic rings. The molecule has 0 unspecified atom stereocenters. The highest BCUT2D eigenvalue weighted by molar-refractivity contribution is 7.89. The Bertz CT molecular complexity index is 925. The summed E-state index contributed by atoms with van der Waals surface area (Å²) in [6.45, 7) is -0.561. The molecule has 0 aliphatic heterocycles. The first-order valence-electron chi connectivity index (χ1n) is 7.46. The smallest absolute Gasteiger partial charge is 0.321 e. The van der Waals surface area contributed by atoms with Crippen molar-refractivity contribution in [3.05, 3.63) is 59.1 Å². The summed E-state index contributed by atoms with van der Waals surface area (Å²) in [6.07, 6.45) is 0. The molecule has 0 aromatic heterocycles. The third-order valence-corrected chi connectivity index (χ3v) is 4.92. The molecule has 0 radical (unpaired) electrons. The van der Waals surface area contributed by atoms with Gasteiger partial charge >= 0.3 is 5.97 Å². The van der Waals surface area contributed by atoms with Crippen LogP contribution >= 0.6 is 11.6 Å². The maximum atomic E-state index is 12.2. The first-order chi connectivity index (χ1) is 12.4. The monoisotopic (exact) mass is 394 g/mol. The molecule has 0 bridgehead atoms. The zero-order valence-corrected chi connectivity index (χ0v) is 15.1. The molecule has 1 N–H and O–H groups in total. The molecular weight excluding hydrogens is 380 g/mol. The van der Waals surface area contributed by atoms with Crippen LogP contribution in [0.25, 0.3) is 0 Å². The normalized spacial score (nSPS) is 10.8. The van der Waals surface area contributed by atoms with Crippen molar-refractivity contribution in [2.75, 3.05) is 19.8 Å². The number of sulfonamides is 1. The number of esters is 1. The van der Waals surface area contributed by atoms with Gasteiger partial charge in [0.25, 0.3) is 0 Å². The first-order valence-corrected chi connectivity index (χ1v) is 9.32. The van der Waals surface area contributed by atoms with Crippen LogP contribution in [0.1, 0.15) is 5.56 Å². The van der Waals surface area contributed by atoms with Crippen LogP contribution in [0, 0.1) is 11.3 Å². The third-order valence-electron chi connectivity index (χ3n) is 3.14. The van der Waals surface area contributed by atoms with Crippen LogP contribution in [0.2, 0.25) is 5.02 Å². The van der Waals surface area contributed by atoms with Gasteiger partial charge in [-0.05, 0) is 24.3 Å². The van der Waals surface area contributed by atoms with E-state index in [2.05, 4.69) is 4.72 Å². The predicted molar refractivity (Wildman–Crippen MR) is 94.3 cm³/mol. The van der Waals surface area contributed by atoms with Crippen LogP contribution in [0.5, 0.6) is 5.75 Å². The van der Waals surface area contributed by atoms with E-state index in [0.717, 1.165) is 0 Å². The minimum Gasteiger partial charge on any atom is -0.488 e. The van der Waals surface area contributed by atoms with Crippen LogP contribution in [-0.4, -0.2) is 34.1 Å². The summed E-state index contributed by atoms with van der Waals surface area (Å²) in [4.78, 5) is 11.5. The van der Waals surface area contributed by atoms with Gasteiger partial charge in [0.1, 0.15) is 31.6 Å². The summed E-state index contributed by atoms with van der Waals surface area (Å²) in [7, 11) is -4.00. The van der Waals surface area contributed by atoms with E-state index in [1.54, 1.807) is 36.4 Å². The van der Waals surface area contributed by atoms with E-state index in [-0.39, 0.29) is 23.7 Å². The fourth-order valence-corrected chi connectivity index (χ4v) is 3.26. The van der Waals surface area contributed by atoms with Gasteiger partial charge in [0.05, 0.1) is 15.5 Å².